The highest BCUT2D eigenvalue weighted by atomic mass is 32.1. The van der Waals surface area contributed by atoms with Crippen molar-refractivity contribution in [3.05, 3.63) is 46.4 Å². The Kier molecular flexibility index (Phi) is 7.88. The molecule has 1 aliphatic heterocycles. The fraction of sp³-hybridized carbons (Fsp3) is 0.500. The van der Waals surface area contributed by atoms with E-state index in [1.54, 1.807) is 18.4 Å². The van der Waals surface area contributed by atoms with Crippen molar-refractivity contribution in [2.75, 3.05) is 20.3 Å². The molecule has 3 rings (SSSR count). The van der Waals surface area contributed by atoms with Gasteiger partial charge in [0, 0.05) is 51.8 Å². The Labute approximate surface area is 160 Å². The van der Waals surface area contributed by atoms with Crippen LogP contribution in [0.4, 0.5) is 13.2 Å². The number of carbonyl (C=O) groups is 1. The number of hydrogen-bond donors (Lipinski definition) is 1. The third-order valence-corrected chi connectivity index (χ3v) is 4.97. The SMILES string of the molecule is COCCC1CN(Cc2ccsc2)Cc2cccn2C1.O=C(O)C(F)(F)F. The van der Waals surface area contributed by atoms with Gasteiger partial charge in [-0.15, -0.1) is 0 Å². The molecule has 150 valence electrons. The highest BCUT2D eigenvalue weighted by Crippen LogP contribution is 2.21. The van der Waals surface area contributed by atoms with Crippen molar-refractivity contribution in [1.82, 2.24) is 9.47 Å². The van der Waals surface area contributed by atoms with E-state index < -0.39 is 12.1 Å². The van der Waals surface area contributed by atoms with E-state index in [2.05, 4.69) is 44.6 Å². The number of rotatable bonds is 5. The van der Waals surface area contributed by atoms with Gasteiger partial charge in [0.2, 0.25) is 0 Å². The lowest BCUT2D eigenvalue weighted by Crippen LogP contribution is -2.28. The number of fused-ring (bicyclic) bond motifs is 1. The molecule has 1 aliphatic rings. The molecule has 0 aliphatic carbocycles. The maximum atomic E-state index is 10.6. The zero-order valence-electron chi connectivity index (χ0n) is 15.0. The van der Waals surface area contributed by atoms with E-state index in [0.29, 0.717) is 5.92 Å². The molecule has 0 fully saturated rings. The molecule has 0 amide bonds. The van der Waals surface area contributed by atoms with Crippen molar-refractivity contribution in [3.63, 3.8) is 0 Å². The standard InChI is InChI=1S/C16H22N2OS.C2HF3O2/c1-19-7-4-14-9-17(10-15-5-8-20-13-15)12-16-3-2-6-18(16)11-14;3-2(4,5)1(6)7/h2-3,5-6,8,13-14H,4,7,9-12H2,1H3;(H,6,7). The molecule has 1 N–H and O–H groups in total. The summed E-state index contributed by atoms with van der Waals surface area (Å²) in [6.45, 7) is 5.23. The molecule has 1 unspecified atom stereocenters. The average Bonchev–Trinajstić information content (AvgIpc) is 3.22. The zero-order chi connectivity index (χ0) is 19.9. The lowest BCUT2D eigenvalue weighted by Gasteiger charge is -2.23. The fourth-order valence-corrected chi connectivity index (χ4v) is 3.65. The van der Waals surface area contributed by atoms with Crippen LogP contribution in [0.3, 0.4) is 0 Å². The van der Waals surface area contributed by atoms with Crippen molar-refractivity contribution in [1.29, 1.82) is 0 Å². The molecule has 5 nitrogen and oxygen atoms in total. The second-order valence-corrected chi connectivity index (χ2v) is 7.18. The van der Waals surface area contributed by atoms with Crippen LogP contribution in [0.2, 0.25) is 0 Å². The van der Waals surface area contributed by atoms with Gasteiger partial charge in [-0.25, -0.2) is 4.79 Å². The van der Waals surface area contributed by atoms with Crippen LogP contribution in [-0.4, -0.2) is 47.0 Å². The maximum absolute atomic E-state index is 10.6. The van der Waals surface area contributed by atoms with E-state index in [-0.39, 0.29) is 0 Å². The van der Waals surface area contributed by atoms with E-state index in [1.165, 1.54) is 11.3 Å². The minimum absolute atomic E-state index is 0.669. The maximum Gasteiger partial charge on any atom is 0.490 e. The zero-order valence-corrected chi connectivity index (χ0v) is 15.8. The Morgan fingerprint density at radius 3 is 2.70 bits per heavy atom. The van der Waals surface area contributed by atoms with Crippen molar-refractivity contribution < 1.29 is 27.8 Å². The Balaban J connectivity index is 0.000000321. The minimum Gasteiger partial charge on any atom is -0.475 e. The quantitative estimate of drug-likeness (QED) is 0.823. The van der Waals surface area contributed by atoms with Gasteiger partial charge in [-0.1, -0.05) is 0 Å². The van der Waals surface area contributed by atoms with Gasteiger partial charge in [0.15, 0.2) is 0 Å². The van der Waals surface area contributed by atoms with Crippen LogP contribution >= 0.6 is 11.3 Å². The molecule has 1 atom stereocenters. The number of carboxylic acids is 1. The number of alkyl halides is 3. The van der Waals surface area contributed by atoms with Gasteiger partial charge >= 0.3 is 12.1 Å². The first-order valence-corrected chi connectivity index (χ1v) is 9.40. The number of thiophene rings is 1. The van der Waals surface area contributed by atoms with Crippen molar-refractivity contribution in [3.8, 4) is 0 Å². The third kappa shape index (κ3) is 7.00. The molecule has 2 aromatic rings. The van der Waals surface area contributed by atoms with Crippen LogP contribution in [0.5, 0.6) is 0 Å². The summed E-state index contributed by atoms with van der Waals surface area (Å²) in [6.07, 6.45) is -1.74. The molecule has 2 aromatic heterocycles. The summed E-state index contributed by atoms with van der Waals surface area (Å²) in [7, 11) is 1.79. The van der Waals surface area contributed by atoms with E-state index in [0.717, 1.165) is 39.2 Å². The summed E-state index contributed by atoms with van der Waals surface area (Å²) in [4.78, 5) is 11.5. The lowest BCUT2D eigenvalue weighted by atomic mass is 10.1. The van der Waals surface area contributed by atoms with Gasteiger partial charge < -0.3 is 14.4 Å². The van der Waals surface area contributed by atoms with Crippen LogP contribution in [0.25, 0.3) is 0 Å². The third-order valence-electron chi connectivity index (χ3n) is 4.24. The summed E-state index contributed by atoms with van der Waals surface area (Å²) in [6, 6.07) is 6.65. The Morgan fingerprint density at radius 1 is 1.37 bits per heavy atom. The fourth-order valence-electron chi connectivity index (χ4n) is 2.99. The average molecular weight is 404 g/mol. The highest BCUT2D eigenvalue weighted by Gasteiger charge is 2.38. The number of hydrogen-bond acceptors (Lipinski definition) is 4. The summed E-state index contributed by atoms with van der Waals surface area (Å²) in [5.41, 5.74) is 2.86. The second-order valence-electron chi connectivity index (χ2n) is 6.40. The largest absolute Gasteiger partial charge is 0.490 e. The monoisotopic (exact) mass is 404 g/mol. The molecule has 27 heavy (non-hydrogen) atoms. The van der Waals surface area contributed by atoms with Crippen LogP contribution in [0.15, 0.2) is 35.2 Å². The van der Waals surface area contributed by atoms with E-state index in [4.69, 9.17) is 14.6 Å². The molecular formula is C18H23F3N2O3S. The number of nitrogens with zero attached hydrogens (tertiary/aromatic N) is 2. The van der Waals surface area contributed by atoms with Crippen molar-refractivity contribution >= 4 is 17.3 Å². The topological polar surface area (TPSA) is 54.7 Å². The van der Waals surface area contributed by atoms with Crippen LogP contribution in [0, 0.1) is 5.92 Å². The van der Waals surface area contributed by atoms with Crippen LogP contribution in [0.1, 0.15) is 17.7 Å². The molecule has 0 aromatic carbocycles. The minimum atomic E-state index is -5.08. The van der Waals surface area contributed by atoms with Gasteiger partial charge in [-0.3, -0.25) is 4.90 Å². The first kappa shape index (κ1) is 21.5. The normalized spacial score (nSPS) is 17.6. The molecule has 0 saturated heterocycles. The number of aliphatic carboxylic acids is 1. The number of ether oxygens (including phenoxy) is 1. The second kappa shape index (κ2) is 9.91. The Morgan fingerprint density at radius 2 is 2.11 bits per heavy atom. The number of aromatic nitrogens is 1. The predicted octanol–water partition coefficient (Wildman–Crippen LogP) is 3.85. The van der Waals surface area contributed by atoms with Crippen LogP contribution < -0.4 is 0 Å². The van der Waals surface area contributed by atoms with E-state index in [1.807, 2.05) is 0 Å². The molecule has 0 bridgehead atoms. The first-order valence-electron chi connectivity index (χ1n) is 8.46. The smallest absolute Gasteiger partial charge is 0.475 e. The summed E-state index contributed by atoms with van der Waals surface area (Å²) >= 11 is 1.78. The Bertz CT molecular complexity index is 701. The summed E-state index contributed by atoms with van der Waals surface area (Å²) in [5, 5.41) is 11.5. The predicted molar refractivity (Wildman–Crippen MR) is 96.5 cm³/mol. The van der Waals surface area contributed by atoms with Gasteiger partial charge in [0.05, 0.1) is 0 Å². The highest BCUT2D eigenvalue weighted by molar-refractivity contribution is 7.07. The molecule has 3 heterocycles. The van der Waals surface area contributed by atoms with Gasteiger partial charge in [0.1, 0.15) is 0 Å². The molecule has 9 heteroatoms. The summed E-state index contributed by atoms with van der Waals surface area (Å²) in [5.74, 6) is -2.09. The molecular weight excluding hydrogens is 381 g/mol. The molecule has 0 radical (unpaired) electrons. The molecule has 0 spiro atoms. The lowest BCUT2D eigenvalue weighted by molar-refractivity contribution is -0.192. The van der Waals surface area contributed by atoms with Gasteiger partial charge in [0.25, 0.3) is 0 Å². The summed E-state index contributed by atoms with van der Waals surface area (Å²) < 4.78 is 39.4. The first-order chi connectivity index (χ1) is 12.8. The van der Waals surface area contributed by atoms with Crippen molar-refractivity contribution in [2.24, 2.45) is 5.92 Å². The number of halogens is 3. The number of carboxylic acid groups (broad SMARTS) is 1. The molecule has 0 saturated carbocycles. The van der Waals surface area contributed by atoms with Crippen molar-refractivity contribution in [2.45, 2.75) is 32.2 Å². The van der Waals surface area contributed by atoms with E-state index in [9.17, 15) is 13.2 Å². The Hall–Kier alpha value is -1.84. The van der Waals surface area contributed by atoms with Gasteiger partial charge in [-0.2, -0.15) is 24.5 Å². The van der Waals surface area contributed by atoms with E-state index >= 15 is 0 Å². The number of methoxy groups -OCH3 is 1. The van der Waals surface area contributed by atoms with Crippen LogP contribution in [-0.2, 0) is 29.2 Å². The van der Waals surface area contributed by atoms with Gasteiger partial charge in [-0.05, 0) is 46.9 Å².